The minimum atomic E-state index is -0.469. The fourth-order valence-corrected chi connectivity index (χ4v) is 3.13. The van der Waals surface area contributed by atoms with E-state index in [9.17, 15) is 9.59 Å². The average molecular weight is 405 g/mol. The summed E-state index contributed by atoms with van der Waals surface area (Å²) >= 11 is 0. The Morgan fingerprint density at radius 3 is 2.43 bits per heavy atom. The van der Waals surface area contributed by atoms with Crippen molar-refractivity contribution in [1.29, 1.82) is 0 Å². The van der Waals surface area contributed by atoms with Crippen LogP contribution >= 0.6 is 0 Å². The second-order valence-corrected chi connectivity index (χ2v) is 8.30. The van der Waals surface area contributed by atoms with Gasteiger partial charge in [-0.15, -0.1) is 0 Å². The molecule has 2 heterocycles. The van der Waals surface area contributed by atoms with E-state index >= 15 is 0 Å². The molecule has 1 aromatic carbocycles. The van der Waals surface area contributed by atoms with Gasteiger partial charge >= 0.3 is 5.97 Å². The van der Waals surface area contributed by atoms with Crippen molar-refractivity contribution >= 4 is 22.9 Å². The number of carbonyl (C=O) groups is 2. The predicted molar refractivity (Wildman–Crippen MR) is 116 cm³/mol. The second kappa shape index (κ2) is 9.11. The van der Waals surface area contributed by atoms with E-state index in [1.54, 1.807) is 6.07 Å². The molecule has 6 heteroatoms. The number of pyridine rings is 1. The van der Waals surface area contributed by atoms with E-state index in [1.165, 1.54) is 13.1 Å². The molecule has 0 radical (unpaired) electrons. The van der Waals surface area contributed by atoms with E-state index in [-0.39, 0.29) is 11.8 Å². The molecule has 0 atom stereocenters. The van der Waals surface area contributed by atoms with E-state index in [1.807, 2.05) is 51.1 Å². The monoisotopic (exact) mass is 405 g/mol. The molecule has 0 N–H and O–H groups in total. The number of hydrogen-bond donors (Lipinski definition) is 0. The highest BCUT2D eigenvalue weighted by atomic mass is 16.6. The van der Waals surface area contributed by atoms with E-state index in [4.69, 9.17) is 14.7 Å². The van der Waals surface area contributed by atoms with Crippen LogP contribution in [0, 0.1) is 0 Å². The summed E-state index contributed by atoms with van der Waals surface area (Å²) in [5, 5.41) is 0. The van der Waals surface area contributed by atoms with Crippen molar-refractivity contribution < 1.29 is 14.3 Å². The largest absolute Gasteiger partial charge is 0.460 e. The zero-order valence-electron chi connectivity index (χ0n) is 17.9. The molecule has 2 aromatic heterocycles. The Morgan fingerprint density at radius 1 is 1.03 bits per heavy atom. The quantitative estimate of drug-likeness (QED) is 0.314. The van der Waals surface area contributed by atoms with Crippen LogP contribution in [-0.2, 0) is 16.0 Å². The van der Waals surface area contributed by atoms with Crippen LogP contribution in [-0.4, -0.2) is 32.3 Å². The molecule has 3 aromatic rings. The van der Waals surface area contributed by atoms with Gasteiger partial charge in [0, 0.05) is 23.7 Å². The standard InChI is InChI=1S/C24H27N3O3/c1-16(28)18-14-20-23(25-15-18)27-22(17-10-6-5-7-11-17)19(26-20)12-8-9-13-21(29)30-24(2,3)4/h5-7,10-11,14-15H,8-9,12-13H2,1-4H3. The summed E-state index contributed by atoms with van der Waals surface area (Å²) in [7, 11) is 0. The van der Waals surface area contributed by atoms with Gasteiger partial charge < -0.3 is 4.74 Å². The minimum Gasteiger partial charge on any atom is -0.460 e. The van der Waals surface area contributed by atoms with Crippen LogP contribution in [0.2, 0.25) is 0 Å². The summed E-state index contributed by atoms with van der Waals surface area (Å²) in [4.78, 5) is 37.5. The van der Waals surface area contributed by atoms with Crippen LogP contribution in [0.25, 0.3) is 22.4 Å². The van der Waals surface area contributed by atoms with E-state index in [0.717, 1.165) is 23.4 Å². The smallest absolute Gasteiger partial charge is 0.306 e. The molecule has 30 heavy (non-hydrogen) atoms. The third-order valence-electron chi connectivity index (χ3n) is 4.51. The van der Waals surface area contributed by atoms with Crippen molar-refractivity contribution in [3.63, 3.8) is 0 Å². The summed E-state index contributed by atoms with van der Waals surface area (Å²) in [6.45, 7) is 7.10. The molecule has 6 nitrogen and oxygen atoms in total. The highest BCUT2D eigenvalue weighted by Crippen LogP contribution is 2.24. The van der Waals surface area contributed by atoms with Gasteiger partial charge in [-0.1, -0.05) is 30.3 Å². The molecular weight excluding hydrogens is 378 g/mol. The average Bonchev–Trinajstić information content (AvgIpc) is 2.69. The van der Waals surface area contributed by atoms with Crippen molar-refractivity contribution in [2.45, 2.75) is 59.0 Å². The molecule has 0 saturated heterocycles. The first kappa shape index (κ1) is 21.6. The minimum absolute atomic E-state index is 0.0581. The van der Waals surface area contributed by atoms with Crippen LogP contribution in [0.15, 0.2) is 42.6 Å². The Bertz CT molecular complexity index is 1060. The van der Waals surface area contributed by atoms with Gasteiger partial charge in [0.2, 0.25) is 0 Å². The number of benzene rings is 1. The molecule has 0 aliphatic rings. The van der Waals surface area contributed by atoms with Crippen molar-refractivity contribution in [2.75, 3.05) is 0 Å². The van der Waals surface area contributed by atoms with E-state index < -0.39 is 5.60 Å². The third-order valence-corrected chi connectivity index (χ3v) is 4.51. The molecule has 0 spiro atoms. The maximum absolute atomic E-state index is 11.9. The lowest BCUT2D eigenvalue weighted by molar-refractivity contribution is -0.154. The van der Waals surface area contributed by atoms with Crippen molar-refractivity contribution in [2.24, 2.45) is 0 Å². The van der Waals surface area contributed by atoms with E-state index in [2.05, 4.69) is 4.98 Å². The Kier molecular flexibility index (Phi) is 6.55. The predicted octanol–water partition coefficient (Wildman–Crippen LogP) is 4.95. The first-order valence-corrected chi connectivity index (χ1v) is 10.2. The number of aromatic nitrogens is 3. The molecule has 0 amide bonds. The Labute approximate surface area is 176 Å². The third kappa shape index (κ3) is 5.69. The lowest BCUT2D eigenvalue weighted by Crippen LogP contribution is -2.23. The number of fused-ring (bicyclic) bond motifs is 1. The summed E-state index contributed by atoms with van der Waals surface area (Å²) in [5.74, 6) is -0.247. The Balaban J connectivity index is 1.83. The number of ether oxygens (including phenoxy) is 1. The molecule has 3 rings (SSSR count). The lowest BCUT2D eigenvalue weighted by Gasteiger charge is -2.19. The van der Waals surface area contributed by atoms with Crippen LogP contribution in [0.3, 0.4) is 0 Å². The van der Waals surface area contributed by atoms with Gasteiger partial charge in [-0.25, -0.2) is 15.0 Å². The van der Waals surface area contributed by atoms with Gasteiger partial charge in [0.15, 0.2) is 11.4 Å². The number of rotatable bonds is 7. The van der Waals surface area contributed by atoms with Gasteiger partial charge in [0.05, 0.1) is 11.4 Å². The summed E-state index contributed by atoms with van der Waals surface area (Å²) in [5.41, 5.74) is 3.74. The first-order chi connectivity index (χ1) is 14.2. The Hall–Kier alpha value is -3.15. The number of Topliss-reactive ketones (excluding diaryl/α,β-unsaturated/α-hetero) is 1. The van der Waals surface area contributed by atoms with Gasteiger partial charge in [0.1, 0.15) is 11.1 Å². The van der Waals surface area contributed by atoms with Gasteiger partial charge in [-0.3, -0.25) is 9.59 Å². The highest BCUT2D eigenvalue weighted by Gasteiger charge is 2.17. The zero-order chi connectivity index (χ0) is 21.7. The molecule has 0 aliphatic carbocycles. The molecule has 0 fully saturated rings. The fraction of sp³-hybridized carbons (Fsp3) is 0.375. The number of carbonyl (C=O) groups excluding carboxylic acids is 2. The topological polar surface area (TPSA) is 82.0 Å². The zero-order valence-corrected chi connectivity index (χ0v) is 17.9. The van der Waals surface area contributed by atoms with Crippen LogP contribution in [0.4, 0.5) is 0 Å². The summed E-state index contributed by atoms with van der Waals surface area (Å²) < 4.78 is 5.37. The van der Waals surface area contributed by atoms with Crippen LogP contribution in [0.5, 0.6) is 0 Å². The van der Waals surface area contributed by atoms with E-state index in [0.29, 0.717) is 36.0 Å². The molecule has 0 unspecified atom stereocenters. The maximum Gasteiger partial charge on any atom is 0.306 e. The van der Waals surface area contributed by atoms with Crippen molar-refractivity contribution in [1.82, 2.24) is 15.0 Å². The van der Waals surface area contributed by atoms with Crippen LogP contribution < -0.4 is 0 Å². The van der Waals surface area contributed by atoms with Crippen LogP contribution in [0.1, 0.15) is 63.0 Å². The molecular formula is C24H27N3O3. The SMILES string of the molecule is CC(=O)c1cnc2nc(-c3ccccc3)c(CCCCC(=O)OC(C)(C)C)nc2c1. The summed E-state index contributed by atoms with van der Waals surface area (Å²) in [6, 6.07) is 11.6. The van der Waals surface area contributed by atoms with Crippen molar-refractivity contribution in [3.8, 4) is 11.3 Å². The van der Waals surface area contributed by atoms with Gasteiger partial charge in [-0.2, -0.15) is 0 Å². The number of unbranched alkanes of at least 4 members (excludes halogenated alkanes) is 1. The number of esters is 1. The Morgan fingerprint density at radius 2 is 1.77 bits per heavy atom. The summed E-state index contributed by atoms with van der Waals surface area (Å²) in [6.07, 6.45) is 4.05. The maximum atomic E-state index is 11.9. The first-order valence-electron chi connectivity index (χ1n) is 10.2. The molecule has 0 saturated carbocycles. The number of nitrogens with zero attached hydrogens (tertiary/aromatic N) is 3. The molecule has 0 bridgehead atoms. The fourth-order valence-electron chi connectivity index (χ4n) is 3.13. The number of aryl methyl sites for hydroxylation is 1. The van der Waals surface area contributed by atoms with Gasteiger partial charge in [-0.05, 0) is 53.0 Å². The number of hydrogen-bond acceptors (Lipinski definition) is 6. The highest BCUT2D eigenvalue weighted by molar-refractivity contribution is 5.96. The molecule has 156 valence electrons. The second-order valence-electron chi connectivity index (χ2n) is 8.30. The normalized spacial score (nSPS) is 11.5. The lowest BCUT2D eigenvalue weighted by atomic mass is 10.0. The van der Waals surface area contributed by atoms with Crippen molar-refractivity contribution in [3.05, 3.63) is 53.9 Å². The number of ketones is 1. The molecule has 0 aliphatic heterocycles. The van der Waals surface area contributed by atoms with Gasteiger partial charge in [0.25, 0.3) is 0 Å².